The Labute approximate surface area is 221 Å². The van der Waals surface area contributed by atoms with E-state index in [1.54, 1.807) is 37.4 Å². The summed E-state index contributed by atoms with van der Waals surface area (Å²) in [5, 5.41) is 10.5. The Morgan fingerprint density at radius 3 is 2.73 bits per heavy atom. The molecule has 1 aromatic heterocycles. The molecule has 2 aromatic carbocycles. The number of carboxylic acids is 1. The van der Waals surface area contributed by atoms with Crippen molar-refractivity contribution in [2.24, 2.45) is 5.41 Å². The van der Waals surface area contributed by atoms with E-state index in [-0.39, 0.29) is 23.7 Å². The number of methoxy groups -OCH3 is 1. The predicted octanol–water partition coefficient (Wildman–Crippen LogP) is 7.02. The fraction of sp³-hybridized carbons (Fsp3) is 0.448. The van der Waals surface area contributed by atoms with Crippen LogP contribution in [0.5, 0.6) is 5.75 Å². The van der Waals surface area contributed by atoms with Crippen LogP contribution in [0.4, 0.5) is 8.78 Å². The molecular weight excluding hydrogens is 498 g/mol. The number of ether oxygens (including phenoxy) is 1. The van der Waals surface area contributed by atoms with E-state index < -0.39 is 17.6 Å². The molecule has 1 aliphatic rings. The Morgan fingerprint density at radius 2 is 2.03 bits per heavy atom. The Kier molecular flexibility index (Phi) is 8.98. The monoisotopic (exact) mass is 530 g/mol. The average molecular weight is 531 g/mol. The van der Waals surface area contributed by atoms with Crippen LogP contribution in [-0.2, 0) is 11.2 Å². The first-order valence-corrected chi connectivity index (χ1v) is 13.1. The lowest BCUT2D eigenvalue weighted by atomic mass is 9.71. The molecule has 1 N–H and O–H groups in total. The molecule has 1 saturated heterocycles. The second-order valence-electron chi connectivity index (χ2n) is 10.1. The lowest BCUT2D eigenvalue weighted by molar-refractivity contribution is -0.141. The highest BCUT2D eigenvalue weighted by Crippen LogP contribution is 2.44. The first-order chi connectivity index (χ1) is 17.8. The highest BCUT2D eigenvalue weighted by Gasteiger charge is 2.37. The number of benzene rings is 2. The first kappa shape index (κ1) is 27.3. The topological polar surface area (TPSA) is 62.7 Å². The number of nitrogens with zero attached hydrogens (tertiary/aromatic N) is 2. The number of piperidine rings is 1. The van der Waals surface area contributed by atoms with E-state index >= 15 is 4.39 Å². The molecule has 1 aliphatic heterocycles. The van der Waals surface area contributed by atoms with E-state index in [2.05, 4.69) is 9.88 Å². The standard InChI is InChI=1S/C29H33ClF2N2O3/c1-37-22-7-8-26-23(17-22)28(24(30)19-33-26)25(32)9-10-29(18-27(35)36)11-14-34(15-12-29)13-3-5-20-4-2-6-21(31)16-20/h2,4,6-8,16-17,19,25H,3,5,9-15,18H2,1H3,(H,35,36). The number of fused-ring (bicyclic) bond motifs is 1. The number of hydrogen-bond acceptors (Lipinski definition) is 4. The molecule has 0 aliphatic carbocycles. The van der Waals surface area contributed by atoms with Gasteiger partial charge in [0.1, 0.15) is 17.7 Å². The van der Waals surface area contributed by atoms with Gasteiger partial charge in [0.15, 0.2) is 0 Å². The number of halogens is 3. The maximum Gasteiger partial charge on any atom is 0.303 e. The Balaban J connectivity index is 1.38. The zero-order valence-corrected chi connectivity index (χ0v) is 21.8. The van der Waals surface area contributed by atoms with Gasteiger partial charge in [-0.3, -0.25) is 9.78 Å². The summed E-state index contributed by atoms with van der Waals surface area (Å²) in [7, 11) is 1.55. The molecule has 5 nitrogen and oxygen atoms in total. The van der Waals surface area contributed by atoms with Crippen LogP contribution >= 0.6 is 11.6 Å². The van der Waals surface area contributed by atoms with Crippen LogP contribution in [-0.4, -0.2) is 47.7 Å². The van der Waals surface area contributed by atoms with Crippen LogP contribution in [0, 0.1) is 11.2 Å². The molecule has 1 atom stereocenters. The normalized spacial score (nSPS) is 16.5. The molecular formula is C29H33ClF2N2O3. The van der Waals surface area contributed by atoms with Crippen molar-refractivity contribution >= 4 is 28.5 Å². The van der Waals surface area contributed by atoms with Crippen molar-refractivity contribution in [3.8, 4) is 5.75 Å². The van der Waals surface area contributed by atoms with Crippen molar-refractivity contribution in [1.29, 1.82) is 0 Å². The number of aliphatic carboxylic acids is 1. The van der Waals surface area contributed by atoms with Gasteiger partial charge in [-0.05, 0) is 99.5 Å². The van der Waals surface area contributed by atoms with Gasteiger partial charge in [-0.2, -0.15) is 0 Å². The van der Waals surface area contributed by atoms with Crippen molar-refractivity contribution in [3.63, 3.8) is 0 Å². The quantitative estimate of drug-likeness (QED) is 0.289. The molecule has 3 aromatic rings. The SMILES string of the molecule is COc1ccc2ncc(Cl)c(C(F)CCC3(CC(=O)O)CCN(CCCc4cccc(F)c4)CC3)c2c1. The third kappa shape index (κ3) is 6.96. The Morgan fingerprint density at radius 1 is 1.24 bits per heavy atom. The van der Waals surface area contributed by atoms with Gasteiger partial charge in [0.05, 0.1) is 24.1 Å². The molecule has 1 unspecified atom stereocenters. The molecule has 8 heteroatoms. The molecule has 37 heavy (non-hydrogen) atoms. The summed E-state index contributed by atoms with van der Waals surface area (Å²) in [5.41, 5.74) is 1.54. The number of aryl methyl sites for hydroxylation is 1. The van der Waals surface area contributed by atoms with Gasteiger partial charge < -0.3 is 14.7 Å². The first-order valence-electron chi connectivity index (χ1n) is 12.7. The summed E-state index contributed by atoms with van der Waals surface area (Å²) in [6, 6.07) is 12.0. The highest BCUT2D eigenvalue weighted by molar-refractivity contribution is 6.32. The van der Waals surface area contributed by atoms with Crippen molar-refractivity contribution in [3.05, 3.63) is 70.6 Å². The summed E-state index contributed by atoms with van der Waals surface area (Å²) >= 11 is 6.39. The van der Waals surface area contributed by atoms with Gasteiger partial charge in [-0.25, -0.2) is 8.78 Å². The summed E-state index contributed by atoms with van der Waals surface area (Å²) in [6.45, 7) is 2.40. The van der Waals surface area contributed by atoms with E-state index in [0.29, 0.717) is 41.5 Å². The maximum absolute atomic E-state index is 15.7. The van der Waals surface area contributed by atoms with Crippen molar-refractivity contribution in [2.45, 2.75) is 51.1 Å². The van der Waals surface area contributed by atoms with Gasteiger partial charge in [0.2, 0.25) is 0 Å². The van der Waals surface area contributed by atoms with E-state index in [1.165, 1.54) is 12.3 Å². The number of alkyl halides is 1. The van der Waals surface area contributed by atoms with E-state index in [4.69, 9.17) is 16.3 Å². The van der Waals surface area contributed by atoms with Gasteiger partial charge in [0, 0.05) is 17.1 Å². The second-order valence-corrected chi connectivity index (χ2v) is 10.5. The maximum atomic E-state index is 15.7. The largest absolute Gasteiger partial charge is 0.497 e. The minimum atomic E-state index is -1.35. The van der Waals surface area contributed by atoms with Crippen LogP contribution < -0.4 is 4.74 Å². The van der Waals surface area contributed by atoms with Crippen LogP contribution in [0.1, 0.15) is 55.8 Å². The number of carboxylic acid groups (broad SMARTS) is 1. The molecule has 0 amide bonds. The van der Waals surface area contributed by atoms with Crippen molar-refractivity contribution < 1.29 is 23.4 Å². The molecule has 2 heterocycles. The third-order valence-corrected chi connectivity index (χ3v) is 7.88. The zero-order valence-electron chi connectivity index (χ0n) is 21.1. The van der Waals surface area contributed by atoms with Crippen molar-refractivity contribution in [2.75, 3.05) is 26.7 Å². The molecule has 0 spiro atoms. The molecule has 4 rings (SSSR count). The summed E-state index contributed by atoms with van der Waals surface area (Å²) in [5.74, 6) is -0.482. The van der Waals surface area contributed by atoms with Gasteiger partial charge in [0.25, 0.3) is 0 Å². The number of rotatable bonds is 11. The lowest BCUT2D eigenvalue weighted by Crippen LogP contribution is -2.41. The number of likely N-dealkylation sites (tertiary alicyclic amines) is 1. The Bertz CT molecular complexity index is 1230. The van der Waals surface area contributed by atoms with Crippen LogP contribution in [0.25, 0.3) is 10.9 Å². The van der Waals surface area contributed by atoms with Gasteiger partial charge in [-0.15, -0.1) is 0 Å². The average Bonchev–Trinajstić information content (AvgIpc) is 2.88. The zero-order chi connectivity index (χ0) is 26.4. The number of carbonyl (C=O) groups is 1. The smallest absolute Gasteiger partial charge is 0.303 e. The van der Waals surface area contributed by atoms with E-state index in [1.807, 2.05) is 6.07 Å². The fourth-order valence-corrected chi connectivity index (χ4v) is 5.75. The van der Waals surface area contributed by atoms with Crippen molar-refractivity contribution in [1.82, 2.24) is 9.88 Å². The molecule has 0 bridgehead atoms. The van der Waals surface area contributed by atoms with Gasteiger partial charge >= 0.3 is 5.97 Å². The highest BCUT2D eigenvalue weighted by atomic mass is 35.5. The third-order valence-electron chi connectivity index (χ3n) is 7.58. The second kappa shape index (κ2) is 12.2. The summed E-state index contributed by atoms with van der Waals surface area (Å²) in [6.07, 6.45) is 3.88. The number of pyridine rings is 1. The van der Waals surface area contributed by atoms with E-state index in [0.717, 1.165) is 38.0 Å². The molecule has 1 fully saturated rings. The van der Waals surface area contributed by atoms with Crippen LogP contribution in [0.3, 0.4) is 0 Å². The summed E-state index contributed by atoms with van der Waals surface area (Å²) in [4.78, 5) is 18.4. The molecule has 0 saturated carbocycles. The van der Waals surface area contributed by atoms with E-state index in [9.17, 15) is 14.3 Å². The minimum Gasteiger partial charge on any atom is -0.497 e. The minimum absolute atomic E-state index is 0.0233. The molecule has 198 valence electrons. The number of aromatic nitrogens is 1. The van der Waals surface area contributed by atoms with Gasteiger partial charge in [-0.1, -0.05) is 23.7 Å². The summed E-state index contributed by atoms with van der Waals surface area (Å²) < 4.78 is 34.4. The van der Waals surface area contributed by atoms with Crippen LogP contribution in [0.2, 0.25) is 5.02 Å². The molecule has 0 radical (unpaired) electrons. The fourth-order valence-electron chi connectivity index (χ4n) is 5.48. The lowest BCUT2D eigenvalue weighted by Gasteiger charge is -2.41. The predicted molar refractivity (Wildman–Crippen MR) is 141 cm³/mol. The van der Waals surface area contributed by atoms with Crippen LogP contribution in [0.15, 0.2) is 48.7 Å². The Hall–Kier alpha value is -2.77. The number of hydrogen-bond donors (Lipinski definition) is 1.